The molecule has 4 amide bonds. The van der Waals surface area contributed by atoms with Crippen molar-refractivity contribution in [1.29, 1.82) is 0 Å². The van der Waals surface area contributed by atoms with Crippen molar-refractivity contribution >= 4 is 40.9 Å². The Balaban J connectivity index is 1.19. The third kappa shape index (κ3) is 5.79. The first-order valence-corrected chi connectivity index (χ1v) is 19.8. The van der Waals surface area contributed by atoms with E-state index in [4.69, 9.17) is 16.3 Å². The Labute approximate surface area is 329 Å². The van der Waals surface area contributed by atoms with E-state index in [0.717, 1.165) is 48.2 Å². The Bertz CT molecular complexity index is 2240. The number of fused-ring (bicyclic) bond motifs is 4. The lowest BCUT2D eigenvalue weighted by atomic mass is 9.49. The molecule has 2 saturated heterocycles. The van der Waals surface area contributed by atoms with Crippen molar-refractivity contribution in [3.8, 4) is 11.5 Å². The van der Waals surface area contributed by atoms with E-state index in [1.807, 2.05) is 36.4 Å². The van der Waals surface area contributed by atoms with Crippen molar-refractivity contribution in [3.05, 3.63) is 136 Å². The summed E-state index contributed by atoms with van der Waals surface area (Å²) in [7, 11) is 0. The van der Waals surface area contributed by atoms with Crippen LogP contribution >= 0.6 is 11.6 Å². The molecule has 2 heterocycles. The zero-order chi connectivity index (χ0) is 38.7. The normalized spacial score (nSPS) is 27.5. The highest BCUT2D eigenvalue weighted by atomic mass is 35.5. The first-order chi connectivity index (χ1) is 27.2. The number of hydrogen-bond acceptors (Lipinski definition) is 7. The number of carbonyl (C=O) groups excluding carboxylic acids is 4. The minimum Gasteiger partial charge on any atom is -0.508 e. The van der Waals surface area contributed by atoms with Crippen LogP contribution in [0.2, 0.25) is 5.02 Å². The van der Waals surface area contributed by atoms with Gasteiger partial charge in [-0.15, -0.1) is 0 Å². The van der Waals surface area contributed by atoms with Gasteiger partial charge in [-0.05, 0) is 85.2 Å². The van der Waals surface area contributed by atoms with Crippen molar-refractivity contribution in [2.45, 2.75) is 68.9 Å². The molecule has 9 rings (SSSR count). The highest BCUT2D eigenvalue weighted by Crippen LogP contribution is 2.65. The van der Waals surface area contributed by atoms with Gasteiger partial charge in [-0.1, -0.05) is 91.0 Å². The molecule has 2 saturated carbocycles. The number of ether oxygens (including phenoxy) is 1. The average molecular weight is 774 g/mol. The summed E-state index contributed by atoms with van der Waals surface area (Å²) in [5.41, 5.74) is 4.26. The van der Waals surface area contributed by atoms with Crippen molar-refractivity contribution in [2.24, 2.45) is 23.7 Å². The fourth-order valence-corrected chi connectivity index (χ4v) is 10.4. The topological polar surface area (TPSA) is 116 Å². The van der Waals surface area contributed by atoms with E-state index in [1.165, 1.54) is 35.2 Å². The van der Waals surface area contributed by atoms with Gasteiger partial charge in [0, 0.05) is 28.6 Å². The molecule has 0 bridgehead atoms. The maximum Gasteiger partial charge on any atom is 0.260 e. The molecule has 0 spiro atoms. The summed E-state index contributed by atoms with van der Waals surface area (Å²) < 4.78 is 20.0. The van der Waals surface area contributed by atoms with Crippen molar-refractivity contribution < 1.29 is 33.4 Å². The van der Waals surface area contributed by atoms with Crippen LogP contribution in [0.15, 0.2) is 109 Å². The molecule has 286 valence electrons. The second kappa shape index (κ2) is 14.2. The molecule has 11 heteroatoms. The first-order valence-electron chi connectivity index (χ1n) is 19.4. The minimum absolute atomic E-state index is 0.120. The van der Waals surface area contributed by atoms with Crippen LogP contribution in [-0.2, 0) is 31.2 Å². The summed E-state index contributed by atoms with van der Waals surface area (Å²) in [6.45, 7) is 0.265. The van der Waals surface area contributed by atoms with Crippen LogP contribution in [0.4, 0.5) is 10.1 Å². The van der Waals surface area contributed by atoms with Crippen LogP contribution in [0.5, 0.6) is 11.5 Å². The summed E-state index contributed by atoms with van der Waals surface area (Å²) >= 11 is 6.41. The maximum atomic E-state index is 15.4. The number of phenols is 1. The van der Waals surface area contributed by atoms with Gasteiger partial charge in [0.05, 0.1) is 28.9 Å². The van der Waals surface area contributed by atoms with Crippen LogP contribution in [-0.4, -0.2) is 44.7 Å². The van der Waals surface area contributed by atoms with Crippen molar-refractivity contribution in [2.75, 3.05) is 5.43 Å². The number of allylic oxidation sites excluding steroid dienone is 2. The van der Waals surface area contributed by atoms with Gasteiger partial charge in [-0.3, -0.25) is 29.5 Å². The minimum atomic E-state index is -1.61. The van der Waals surface area contributed by atoms with Crippen molar-refractivity contribution in [3.63, 3.8) is 0 Å². The summed E-state index contributed by atoms with van der Waals surface area (Å²) in [6.07, 6.45) is 6.92. The standard InChI is InChI=1S/C45H41ClFN3O6/c46-28-13-11-27(12-14-28)45-37(42(53)50(44(45)55)48-30-17-15-29(47)16-18-30)24-36-33(21-22-35-39(36)43(54)49(41(35)52)31-9-5-2-6-10-31)40(45)34-20-19-32(23-38(34)51)56-25-26-7-3-1-4-8-26/h1,3-4,7-8,11-21,23,31,35-37,39-40,48,51H,2,5-6,9-10,22,24-25H2. The van der Waals surface area contributed by atoms with E-state index in [-0.39, 0.29) is 36.6 Å². The summed E-state index contributed by atoms with van der Waals surface area (Å²) in [5.74, 6) is -5.48. The largest absolute Gasteiger partial charge is 0.508 e. The molecule has 4 aromatic carbocycles. The molecule has 56 heavy (non-hydrogen) atoms. The number of halogens is 2. The Morgan fingerprint density at radius 3 is 2.29 bits per heavy atom. The number of rotatable bonds is 8. The number of aromatic hydroxyl groups is 1. The zero-order valence-electron chi connectivity index (χ0n) is 30.6. The number of amides is 4. The van der Waals surface area contributed by atoms with Crippen molar-refractivity contribution in [1.82, 2.24) is 9.91 Å². The number of imide groups is 2. The third-order valence-corrected chi connectivity index (χ3v) is 13.0. The smallest absolute Gasteiger partial charge is 0.260 e. The number of hydrogen-bond donors (Lipinski definition) is 2. The van der Waals surface area contributed by atoms with Gasteiger partial charge in [0.1, 0.15) is 23.9 Å². The second-order valence-corrected chi connectivity index (χ2v) is 16.1. The Morgan fingerprint density at radius 1 is 0.839 bits per heavy atom. The predicted octanol–water partition coefficient (Wildman–Crippen LogP) is 8.08. The number of likely N-dealkylation sites (tertiary alicyclic amines) is 1. The molecule has 2 N–H and O–H groups in total. The van der Waals surface area contributed by atoms with E-state index in [9.17, 15) is 23.9 Å². The molecular weight excluding hydrogens is 733 g/mol. The fraction of sp³-hybridized carbons (Fsp3) is 0.333. The Hall–Kier alpha value is -5.48. The molecule has 0 radical (unpaired) electrons. The van der Waals surface area contributed by atoms with Gasteiger partial charge in [0.25, 0.3) is 11.8 Å². The second-order valence-electron chi connectivity index (χ2n) is 15.7. The number of carbonyl (C=O) groups is 4. The van der Waals surface area contributed by atoms with Gasteiger partial charge in [-0.2, -0.15) is 5.01 Å². The average Bonchev–Trinajstić information content (AvgIpc) is 3.59. The van der Waals surface area contributed by atoms with E-state index in [0.29, 0.717) is 34.0 Å². The number of anilines is 1. The highest BCUT2D eigenvalue weighted by Gasteiger charge is 2.70. The number of benzene rings is 4. The molecule has 6 atom stereocenters. The maximum absolute atomic E-state index is 15.4. The van der Waals surface area contributed by atoms with Gasteiger partial charge in [0.15, 0.2) is 0 Å². The van der Waals surface area contributed by atoms with Crippen LogP contribution in [0.1, 0.15) is 67.6 Å². The summed E-state index contributed by atoms with van der Waals surface area (Å²) in [4.78, 5) is 60.5. The van der Waals surface area contributed by atoms with E-state index < -0.39 is 52.6 Å². The van der Waals surface area contributed by atoms with Gasteiger partial charge >= 0.3 is 0 Å². The van der Waals surface area contributed by atoms with E-state index >= 15 is 4.79 Å². The van der Waals surface area contributed by atoms with Gasteiger partial charge in [0.2, 0.25) is 11.8 Å². The molecule has 5 aliphatic rings. The number of hydrazine groups is 1. The number of nitrogens with one attached hydrogen (secondary N) is 1. The molecule has 4 fully saturated rings. The van der Waals surface area contributed by atoms with Crippen LogP contribution in [0.3, 0.4) is 0 Å². The highest BCUT2D eigenvalue weighted by molar-refractivity contribution is 6.30. The van der Waals surface area contributed by atoms with Gasteiger partial charge < -0.3 is 9.84 Å². The van der Waals surface area contributed by atoms with Crippen LogP contribution < -0.4 is 10.2 Å². The summed E-state index contributed by atoms with van der Waals surface area (Å²) in [5, 5.41) is 13.4. The van der Waals surface area contributed by atoms with E-state index in [1.54, 1.807) is 36.4 Å². The fourth-order valence-electron chi connectivity index (χ4n) is 10.3. The van der Waals surface area contributed by atoms with Crippen LogP contribution in [0.25, 0.3) is 0 Å². The SMILES string of the molecule is O=C1C2CC3C(=CCC4C(=O)N(C5CCCCC5)C(=O)C43)C(c3ccc(OCc4ccccc4)cc3O)C2(c2ccc(Cl)cc2)C(=O)N1Nc1ccc(F)cc1. The molecule has 9 nitrogen and oxygen atoms in total. The zero-order valence-corrected chi connectivity index (χ0v) is 31.3. The lowest BCUT2D eigenvalue weighted by molar-refractivity contribution is -0.144. The molecule has 0 aromatic heterocycles. The molecule has 4 aromatic rings. The molecule has 2 aliphatic heterocycles. The number of nitrogens with zero attached hydrogens (tertiary/aromatic N) is 2. The molecule has 6 unspecified atom stereocenters. The summed E-state index contributed by atoms with van der Waals surface area (Å²) in [6, 6.07) is 26.6. The predicted molar refractivity (Wildman–Crippen MR) is 207 cm³/mol. The number of phenolic OH excluding ortho intramolecular Hbond substituents is 1. The van der Waals surface area contributed by atoms with Crippen LogP contribution in [0, 0.1) is 29.5 Å². The Kier molecular flexibility index (Phi) is 9.19. The lowest BCUT2D eigenvalue weighted by Gasteiger charge is -2.50. The van der Waals surface area contributed by atoms with Gasteiger partial charge in [-0.25, -0.2) is 4.39 Å². The van der Waals surface area contributed by atoms with E-state index in [2.05, 4.69) is 5.43 Å². The molecular formula is C45H41ClFN3O6. The lowest BCUT2D eigenvalue weighted by Crippen LogP contribution is -2.53. The quantitative estimate of drug-likeness (QED) is 0.137. The third-order valence-electron chi connectivity index (χ3n) is 12.8. The Morgan fingerprint density at radius 2 is 1.57 bits per heavy atom. The monoisotopic (exact) mass is 773 g/mol. The first kappa shape index (κ1) is 36.2. The molecule has 3 aliphatic carbocycles.